The van der Waals surface area contributed by atoms with Crippen molar-refractivity contribution in [2.75, 3.05) is 19.8 Å². The molecule has 0 aliphatic rings. The molecule has 0 saturated heterocycles. The van der Waals surface area contributed by atoms with E-state index in [0.717, 1.165) is 22.7 Å². The van der Waals surface area contributed by atoms with Crippen molar-refractivity contribution in [2.24, 2.45) is 0 Å². The van der Waals surface area contributed by atoms with E-state index in [4.69, 9.17) is 14.2 Å². The van der Waals surface area contributed by atoms with Crippen molar-refractivity contribution in [2.45, 2.75) is 33.5 Å². The Morgan fingerprint density at radius 1 is 1.20 bits per heavy atom. The number of aryl methyl sites for hydroxylation is 1. The topological polar surface area (TPSA) is 44.8 Å². The van der Waals surface area contributed by atoms with Crippen molar-refractivity contribution in [3.8, 4) is 5.75 Å². The first kappa shape index (κ1) is 17.1. The monoisotopic (exact) mass is 344 g/mol. The lowest BCUT2D eigenvalue weighted by Gasteiger charge is -2.19. The molecule has 5 heteroatoms. The number of rotatable bonds is 9. The number of ether oxygens (including phenoxy) is 3. The van der Waals surface area contributed by atoms with Gasteiger partial charge in [0, 0.05) is 17.7 Å². The van der Waals surface area contributed by atoms with Gasteiger partial charge in [-0.15, -0.1) is 0 Å². The smallest absolute Gasteiger partial charge is 0.191 e. The predicted octanol–water partition coefficient (Wildman–Crippen LogP) is 3.60. The molecule has 0 heterocycles. The minimum atomic E-state index is -0.419. The molecule has 0 spiro atoms. The van der Waals surface area contributed by atoms with E-state index >= 15 is 0 Å². The quantitative estimate of drug-likeness (QED) is 0.507. The van der Waals surface area contributed by atoms with Crippen LogP contribution in [-0.4, -0.2) is 32.4 Å². The maximum atomic E-state index is 11.2. The van der Waals surface area contributed by atoms with Crippen LogP contribution in [0.2, 0.25) is 0 Å². The second-order valence-electron chi connectivity index (χ2n) is 4.11. The molecule has 0 fully saturated rings. The molecule has 20 heavy (non-hydrogen) atoms. The molecule has 0 saturated carbocycles. The number of hydrogen-bond acceptors (Lipinski definition) is 4. The normalized spacial score (nSPS) is 10.8. The Hall–Kier alpha value is -0.910. The summed E-state index contributed by atoms with van der Waals surface area (Å²) in [6, 6.07) is 3.70. The van der Waals surface area contributed by atoms with Gasteiger partial charge in [-0.3, -0.25) is 4.79 Å². The van der Waals surface area contributed by atoms with Crippen LogP contribution in [0.4, 0.5) is 0 Å². The van der Waals surface area contributed by atoms with Gasteiger partial charge in [0.25, 0.3) is 0 Å². The fraction of sp³-hybridized carbons (Fsp3) is 0.533. The molecule has 0 radical (unpaired) electrons. The van der Waals surface area contributed by atoms with Gasteiger partial charge in [-0.1, -0.05) is 22.9 Å². The highest BCUT2D eigenvalue weighted by Crippen LogP contribution is 2.28. The van der Waals surface area contributed by atoms with Crippen LogP contribution < -0.4 is 4.74 Å². The second-order valence-corrected chi connectivity index (χ2v) is 5.02. The van der Waals surface area contributed by atoms with E-state index < -0.39 is 6.29 Å². The van der Waals surface area contributed by atoms with Crippen LogP contribution in [0.3, 0.4) is 0 Å². The molecule has 0 N–H and O–H groups in total. The average molecular weight is 345 g/mol. The summed E-state index contributed by atoms with van der Waals surface area (Å²) in [4.78, 5) is 11.2. The van der Waals surface area contributed by atoms with E-state index in [1.807, 2.05) is 26.8 Å². The molecule has 0 aromatic heterocycles. The molecule has 0 amide bonds. The Morgan fingerprint density at radius 2 is 1.85 bits per heavy atom. The first-order valence-electron chi connectivity index (χ1n) is 6.79. The van der Waals surface area contributed by atoms with Crippen molar-refractivity contribution in [1.29, 1.82) is 0 Å². The molecule has 4 nitrogen and oxygen atoms in total. The molecule has 1 rings (SSSR count). The molecule has 0 aliphatic heterocycles. The van der Waals surface area contributed by atoms with Gasteiger partial charge in [-0.2, -0.15) is 0 Å². The van der Waals surface area contributed by atoms with Crippen LogP contribution in [0.1, 0.15) is 36.7 Å². The largest absolute Gasteiger partial charge is 0.487 e. The number of aldehydes is 1. The maximum Gasteiger partial charge on any atom is 0.191 e. The van der Waals surface area contributed by atoms with E-state index in [1.165, 1.54) is 0 Å². The van der Waals surface area contributed by atoms with Gasteiger partial charge in [0.15, 0.2) is 12.6 Å². The molecule has 112 valence electrons. The number of benzene rings is 1. The van der Waals surface area contributed by atoms with Gasteiger partial charge in [-0.25, -0.2) is 0 Å². The standard InChI is InChI=1S/C15H21BrO4/c1-4-11-7-13(16)8-12(9-17)15(11)20-10-14(18-5-2)19-6-3/h7-9,14H,4-6,10H2,1-3H3. The summed E-state index contributed by atoms with van der Waals surface area (Å²) in [5.74, 6) is 0.607. The molecule has 0 aliphatic carbocycles. The van der Waals surface area contributed by atoms with Crippen LogP contribution in [0.25, 0.3) is 0 Å². The number of carbonyl (C=O) groups excluding carboxylic acids is 1. The van der Waals surface area contributed by atoms with E-state index in [0.29, 0.717) is 24.5 Å². The minimum Gasteiger partial charge on any atom is -0.487 e. The summed E-state index contributed by atoms with van der Waals surface area (Å²) < 4.78 is 17.5. The molecule has 1 aromatic rings. The Morgan fingerprint density at radius 3 is 2.35 bits per heavy atom. The molecule has 0 bridgehead atoms. The zero-order valence-electron chi connectivity index (χ0n) is 12.1. The van der Waals surface area contributed by atoms with Gasteiger partial charge in [0.05, 0.1) is 5.56 Å². The summed E-state index contributed by atoms with van der Waals surface area (Å²) in [6.07, 6.45) is 1.16. The fourth-order valence-electron chi connectivity index (χ4n) is 1.87. The Labute approximate surface area is 128 Å². The lowest BCUT2D eigenvalue weighted by atomic mass is 10.1. The van der Waals surface area contributed by atoms with E-state index in [-0.39, 0.29) is 6.61 Å². The van der Waals surface area contributed by atoms with Gasteiger partial charge >= 0.3 is 0 Å². The Kier molecular flexibility index (Phi) is 7.80. The number of carbonyl (C=O) groups is 1. The molecule has 0 atom stereocenters. The summed E-state index contributed by atoms with van der Waals surface area (Å²) in [5, 5.41) is 0. The third-order valence-corrected chi connectivity index (χ3v) is 3.19. The van der Waals surface area contributed by atoms with Gasteiger partial charge in [0.1, 0.15) is 12.4 Å². The van der Waals surface area contributed by atoms with Crippen LogP contribution in [0.15, 0.2) is 16.6 Å². The van der Waals surface area contributed by atoms with Crippen LogP contribution in [-0.2, 0) is 15.9 Å². The van der Waals surface area contributed by atoms with Crippen LogP contribution in [0, 0.1) is 0 Å². The van der Waals surface area contributed by atoms with Gasteiger partial charge in [0.2, 0.25) is 0 Å². The summed E-state index contributed by atoms with van der Waals surface area (Å²) in [5.41, 5.74) is 1.51. The zero-order valence-corrected chi connectivity index (χ0v) is 13.7. The SMILES string of the molecule is CCOC(COc1c(C=O)cc(Br)cc1CC)OCC. The molecular formula is C15H21BrO4. The Bertz CT molecular complexity index is 428. The van der Waals surface area contributed by atoms with Crippen molar-refractivity contribution in [1.82, 2.24) is 0 Å². The summed E-state index contributed by atoms with van der Waals surface area (Å²) in [6.45, 7) is 7.19. The van der Waals surface area contributed by atoms with E-state index in [9.17, 15) is 4.79 Å². The maximum absolute atomic E-state index is 11.2. The molecular weight excluding hydrogens is 324 g/mol. The van der Waals surface area contributed by atoms with Crippen molar-refractivity contribution >= 4 is 22.2 Å². The lowest BCUT2D eigenvalue weighted by molar-refractivity contribution is -0.152. The summed E-state index contributed by atoms with van der Waals surface area (Å²) in [7, 11) is 0. The highest BCUT2D eigenvalue weighted by atomic mass is 79.9. The first-order valence-corrected chi connectivity index (χ1v) is 7.59. The van der Waals surface area contributed by atoms with Crippen LogP contribution in [0.5, 0.6) is 5.75 Å². The van der Waals surface area contributed by atoms with Crippen LogP contribution >= 0.6 is 15.9 Å². The predicted molar refractivity (Wildman–Crippen MR) is 81.4 cm³/mol. The van der Waals surface area contributed by atoms with Crippen molar-refractivity contribution in [3.63, 3.8) is 0 Å². The highest BCUT2D eigenvalue weighted by Gasteiger charge is 2.14. The third kappa shape index (κ3) is 4.89. The lowest BCUT2D eigenvalue weighted by Crippen LogP contribution is -2.25. The number of halogens is 1. The summed E-state index contributed by atoms with van der Waals surface area (Å²) >= 11 is 3.39. The molecule has 1 aromatic carbocycles. The van der Waals surface area contributed by atoms with E-state index in [2.05, 4.69) is 15.9 Å². The fourth-order valence-corrected chi connectivity index (χ4v) is 2.39. The third-order valence-electron chi connectivity index (χ3n) is 2.74. The average Bonchev–Trinajstić information content (AvgIpc) is 2.45. The van der Waals surface area contributed by atoms with Crippen molar-refractivity contribution in [3.05, 3.63) is 27.7 Å². The Balaban J connectivity index is 2.87. The van der Waals surface area contributed by atoms with Gasteiger partial charge < -0.3 is 14.2 Å². The molecule has 0 unspecified atom stereocenters. The number of hydrogen-bond donors (Lipinski definition) is 0. The zero-order chi connectivity index (χ0) is 15.0. The first-order chi connectivity index (χ1) is 9.65. The van der Waals surface area contributed by atoms with E-state index in [1.54, 1.807) is 6.07 Å². The van der Waals surface area contributed by atoms with Crippen molar-refractivity contribution < 1.29 is 19.0 Å². The second kappa shape index (κ2) is 9.10. The highest BCUT2D eigenvalue weighted by molar-refractivity contribution is 9.10. The minimum absolute atomic E-state index is 0.261. The van der Waals surface area contributed by atoms with Gasteiger partial charge in [-0.05, 0) is 38.0 Å².